The Bertz CT molecular complexity index is 571. The van der Waals surface area contributed by atoms with Gasteiger partial charge in [-0.05, 0) is 38.0 Å². The maximum Gasteiger partial charge on any atom is 0.191 e. The second kappa shape index (κ2) is 8.05. The molecule has 2 rings (SSSR count). The zero-order chi connectivity index (χ0) is 15.1. The van der Waals surface area contributed by atoms with E-state index in [4.69, 9.17) is 10.5 Å². The van der Waals surface area contributed by atoms with Crippen LogP contribution in [0.5, 0.6) is 5.75 Å². The van der Waals surface area contributed by atoms with E-state index in [-0.39, 0.29) is 0 Å². The van der Waals surface area contributed by atoms with Gasteiger partial charge in [-0.2, -0.15) is 0 Å². The summed E-state index contributed by atoms with van der Waals surface area (Å²) in [4.78, 5) is 0. The lowest BCUT2D eigenvalue weighted by Crippen LogP contribution is -2.12. The van der Waals surface area contributed by atoms with Crippen LogP contribution in [0.25, 0.3) is 0 Å². The Labute approximate surface area is 129 Å². The maximum absolute atomic E-state index is 5.73. The van der Waals surface area contributed by atoms with Gasteiger partial charge < -0.3 is 15.0 Å². The van der Waals surface area contributed by atoms with Crippen LogP contribution in [-0.2, 0) is 6.54 Å². The number of benzene rings is 1. The van der Waals surface area contributed by atoms with Gasteiger partial charge in [0.05, 0.1) is 6.61 Å². The third-order valence-electron chi connectivity index (χ3n) is 3.03. The molecule has 2 N–H and O–H groups in total. The fourth-order valence-electron chi connectivity index (χ4n) is 1.97. The Balaban J connectivity index is 1.72. The van der Waals surface area contributed by atoms with Crippen molar-refractivity contribution in [3.63, 3.8) is 0 Å². The van der Waals surface area contributed by atoms with Crippen LogP contribution in [0.3, 0.4) is 0 Å². The minimum atomic E-state index is 0.600. The van der Waals surface area contributed by atoms with Crippen LogP contribution >= 0.6 is 11.8 Å². The van der Waals surface area contributed by atoms with Gasteiger partial charge in [0.25, 0.3) is 0 Å². The van der Waals surface area contributed by atoms with E-state index >= 15 is 0 Å². The Hall–Kier alpha value is -1.53. The summed E-state index contributed by atoms with van der Waals surface area (Å²) in [6, 6.07) is 8.11. The average molecular weight is 306 g/mol. The lowest BCUT2D eigenvalue weighted by atomic mass is 10.2. The Morgan fingerprint density at radius 3 is 2.90 bits per heavy atom. The molecule has 0 aliphatic carbocycles. The number of nitrogens with zero attached hydrogens (tertiary/aromatic N) is 3. The van der Waals surface area contributed by atoms with Crippen molar-refractivity contribution in [1.29, 1.82) is 0 Å². The summed E-state index contributed by atoms with van der Waals surface area (Å²) < 4.78 is 7.79. The summed E-state index contributed by atoms with van der Waals surface area (Å²) in [5.41, 5.74) is 6.82. The van der Waals surface area contributed by atoms with Gasteiger partial charge in [-0.3, -0.25) is 0 Å². The quantitative estimate of drug-likeness (QED) is 0.599. The molecule has 6 heteroatoms. The largest absolute Gasteiger partial charge is 0.494 e. The fourth-order valence-corrected chi connectivity index (χ4v) is 2.89. The highest BCUT2D eigenvalue weighted by Crippen LogP contribution is 2.18. The van der Waals surface area contributed by atoms with Gasteiger partial charge in [0.1, 0.15) is 11.6 Å². The van der Waals surface area contributed by atoms with E-state index < -0.39 is 0 Å². The van der Waals surface area contributed by atoms with Crippen LogP contribution in [0, 0.1) is 13.8 Å². The molecule has 0 spiro atoms. The lowest BCUT2D eigenvalue weighted by Gasteiger charge is -2.08. The van der Waals surface area contributed by atoms with E-state index in [9.17, 15) is 0 Å². The Morgan fingerprint density at radius 1 is 1.29 bits per heavy atom. The molecule has 1 heterocycles. The first-order chi connectivity index (χ1) is 10.2. The number of aryl methyl sites for hydroxylation is 2. The molecule has 1 aromatic heterocycles. The van der Waals surface area contributed by atoms with Crippen molar-refractivity contribution >= 4 is 11.8 Å². The van der Waals surface area contributed by atoms with Crippen LogP contribution in [-0.4, -0.2) is 33.7 Å². The molecule has 5 nitrogen and oxygen atoms in total. The topological polar surface area (TPSA) is 66.0 Å². The van der Waals surface area contributed by atoms with Gasteiger partial charge in [-0.15, -0.1) is 10.2 Å². The first-order valence-corrected chi connectivity index (χ1v) is 8.11. The highest BCUT2D eigenvalue weighted by atomic mass is 32.2. The summed E-state index contributed by atoms with van der Waals surface area (Å²) in [5, 5.41) is 9.22. The molecule has 0 aliphatic heterocycles. The number of ether oxygens (including phenoxy) is 1. The molecule has 0 fully saturated rings. The normalized spacial score (nSPS) is 10.8. The van der Waals surface area contributed by atoms with Crippen molar-refractivity contribution in [2.75, 3.05) is 18.9 Å². The number of aromatic nitrogens is 3. The minimum Gasteiger partial charge on any atom is -0.494 e. The predicted octanol–water partition coefficient (Wildman–Crippen LogP) is 2.41. The Kier molecular flexibility index (Phi) is 6.07. The van der Waals surface area contributed by atoms with Crippen LogP contribution in [0.1, 0.15) is 17.8 Å². The molecule has 0 aliphatic rings. The maximum atomic E-state index is 5.73. The van der Waals surface area contributed by atoms with E-state index in [0.29, 0.717) is 13.2 Å². The van der Waals surface area contributed by atoms with E-state index in [2.05, 4.69) is 27.8 Å². The number of hydrogen-bond donors (Lipinski definition) is 1. The molecular weight excluding hydrogens is 284 g/mol. The van der Waals surface area contributed by atoms with Crippen LogP contribution < -0.4 is 10.5 Å². The second-order valence-electron chi connectivity index (χ2n) is 4.84. The average Bonchev–Trinajstić information content (AvgIpc) is 2.80. The third-order valence-corrected chi connectivity index (χ3v) is 4.09. The molecule has 0 saturated carbocycles. The molecule has 0 amide bonds. The van der Waals surface area contributed by atoms with Crippen LogP contribution in [0.2, 0.25) is 0 Å². The van der Waals surface area contributed by atoms with Gasteiger partial charge in [0, 0.05) is 18.8 Å². The van der Waals surface area contributed by atoms with Crippen molar-refractivity contribution in [1.82, 2.24) is 14.8 Å². The third kappa shape index (κ3) is 4.75. The molecule has 0 saturated heterocycles. The predicted molar refractivity (Wildman–Crippen MR) is 85.8 cm³/mol. The summed E-state index contributed by atoms with van der Waals surface area (Å²) in [6.45, 7) is 6.09. The van der Waals surface area contributed by atoms with Gasteiger partial charge in [-0.25, -0.2) is 0 Å². The van der Waals surface area contributed by atoms with E-state index in [1.165, 1.54) is 5.56 Å². The number of nitrogens with two attached hydrogens (primary N) is 1. The van der Waals surface area contributed by atoms with Crippen molar-refractivity contribution < 1.29 is 4.74 Å². The van der Waals surface area contributed by atoms with Gasteiger partial charge in [0.2, 0.25) is 0 Å². The number of rotatable bonds is 8. The first kappa shape index (κ1) is 15.9. The SMILES string of the molecule is Cc1cccc(OCCCSc2nnc(C)n2CCN)c1. The molecule has 114 valence electrons. The lowest BCUT2D eigenvalue weighted by molar-refractivity contribution is 0.318. The number of thioether (sulfide) groups is 1. The van der Waals surface area contributed by atoms with Gasteiger partial charge in [-0.1, -0.05) is 23.9 Å². The Morgan fingerprint density at radius 2 is 2.14 bits per heavy atom. The molecule has 21 heavy (non-hydrogen) atoms. The summed E-state index contributed by atoms with van der Waals surface area (Å²) in [7, 11) is 0. The van der Waals surface area contributed by atoms with Crippen molar-refractivity contribution in [2.45, 2.75) is 32.0 Å². The van der Waals surface area contributed by atoms with Crippen molar-refractivity contribution in [3.05, 3.63) is 35.7 Å². The standard InChI is InChI=1S/C15H22N4OS/c1-12-5-3-6-14(11-12)20-9-4-10-21-15-18-17-13(2)19(15)8-7-16/h3,5-6,11H,4,7-10,16H2,1-2H3. The molecule has 2 aromatic rings. The van der Waals surface area contributed by atoms with E-state index in [0.717, 1.165) is 35.4 Å². The summed E-state index contributed by atoms with van der Waals surface area (Å²) in [6.07, 6.45) is 0.965. The van der Waals surface area contributed by atoms with E-state index in [1.807, 2.05) is 25.1 Å². The smallest absolute Gasteiger partial charge is 0.191 e. The van der Waals surface area contributed by atoms with Crippen molar-refractivity contribution in [2.24, 2.45) is 5.73 Å². The van der Waals surface area contributed by atoms with Gasteiger partial charge in [0.15, 0.2) is 5.16 Å². The summed E-state index contributed by atoms with van der Waals surface area (Å²) >= 11 is 1.70. The number of hydrogen-bond acceptors (Lipinski definition) is 5. The first-order valence-electron chi connectivity index (χ1n) is 7.13. The highest BCUT2D eigenvalue weighted by Gasteiger charge is 2.08. The fraction of sp³-hybridized carbons (Fsp3) is 0.467. The molecule has 0 radical (unpaired) electrons. The zero-order valence-electron chi connectivity index (χ0n) is 12.6. The van der Waals surface area contributed by atoms with E-state index in [1.54, 1.807) is 11.8 Å². The molecular formula is C15H22N4OS. The molecule has 0 atom stereocenters. The summed E-state index contributed by atoms with van der Waals surface area (Å²) in [5.74, 6) is 2.80. The second-order valence-corrected chi connectivity index (χ2v) is 5.90. The van der Waals surface area contributed by atoms with Crippen LogP contribution in [0.4, 0.5) is 0 Å². The minimum absolute atomic E-state index is 0.600. The van der Waals surface area contributed by atoms with Crippen LogP contribution in [0.15, 0.2) is 29.4 Å². The molecule has 0 unspecified atom stereocenters. The molecule has 1 aromatic carbocycles. The monoisotopic (exact) mass is 306 g/mol. The zero-order valence-corrected chi connectivity index (χ0v) is 13.4. The highest BCUT2D eigenvalue weighted by molar-refractivity contribution is 7.99. The molecule has 0 bridgehead atoms. The van der Waals surface area contributed by atoms with Gasteiger partial charge >= 0.3 is 0 Å². The van der Waals surface area contributed by atoms with Crippen molar-refractivity contribution in [3.8, 4) is 5.75 Å².